The monoisotopic (exact) mass is 363 g/mol. The van der Waals surface area contributed by atoms with E-state index in [9.17, 15) is 14.1 Å². The minimum atomic E-state index is -1.90. The average Bonchev–Trinajstić information content (AvgIpc) is 3.32. The fraction of sp³-hybridized carbons (Fsp3) is 0.353. The summed E-state index contributed by atoms with van der Waals surface area (Å²) in [6.45, 7) is 0.569. The molecule has 0 spiro atoms. The van der Waals surface area contributed by atoms with Crippen LogP contribution in [0.3, 0.4) is 0 Å². The zero-order chi connectivity index (χ0) is 17.6. The Morgan fingerprint density at radius 2 is 2.16 bits per heavy atom. The number of hydrogen-bond donors (Lipinski definition) is 3. The molecule has 2 aliphatic rings. The summed E-state index contributed by atoms with van der Waals surface area (Å²) < 4.78 is 30.2. The SMILES string of the molecule is O=C1CN(c2c(O)cc3ccc(NCCC4CC4)cc3c2F)S(=O)N1. The lowest BCUT2D eigenvalue weighted by Crippen LogP contribution is -2.23. The number of aromatic hydroxyl groups is 1. The van der Waals surface area contributed by atoms with Crippen LogP contribution in [-0.2, 0) is 16.0 Å². The van der Waals surface area contributed by atoms with Crippen LogP contribution >= 0.6 is 0 Å². The van der Waals surface area contributed by atoms with E-state index in [1.165, 1.54) is 18.9 Å². The minimum Gasteiger partial charge on any atom is -0.506 e. The van der Waals surface area contributed by atoms with Crippen LogP contribution in [0.15, 0.2) is 24.3 Å². The molecule has 1 amide bonds. The zero-order valence-electron chi connectivity index (χ0n) is 13.4. The Morgan fingerprint density at radius 1 is 1.36 bits per heavy atom. The van der Waals surface area contributed by atoms with Crippen molar-refractivity contribution in [2.24, 2.45) is 5.92 Å². The summed E-state index contributed by atoms with van der Waals surface area (Å²) in [4.78, 5) is 11.4. The first-order valence-corrected chi connectivity index (χ1v) is 9.31. The van der Waals surface area contributed by atoms with Crippen molar-refractivity contribution < 1.29 is 18.5 Å². The van der Waals surface area contributed by atoms with Crippen molar-refractivity contribution in [2.75, 3.05) is 22.7 Å². The molecule has 1 saturated heterocycles. The molecule has 2 aromatic carbocycles. The molecule has 4 rings (SSSR count). The molecule has 1 aliphatic carbocycles. The van der Waals surface area contributed by atoms with Gasteiger partial charge in [0.25, 0.3) is 5.91 Å². The lowest BCUT2D eigenvalue weighted by atomic mass is 10.1. The van der Waals surface area contributed by atoms with E-state index in [4.69, 9.17) is 0 Å². The first-order chi connectivity index (χ1) is 12.0. The number of phenols is 1. The fourth-order valence-electron chi connectivity index (χ4n) is 3.04. The van der Waals surface area contributed by atoms with E-state index in [-0.39, 0.29) is 18.0 Å². The van der Waals surface area contributed by atoms with Gasteiger partial charge in [0.2, 0.25) is 11.2 Å². The molecule has 1 saturated carbocycles. The van der Waals surface area contributed by atoms with Gasteiger partial charge in [-0.3, -0.25) is 13.8 Å². The van der Waals surface area contributed by atoms with E-state index >= 15 is 4.39 Å². The largest absolute Gasteiger partial charge is 0.506 e. The second-order valence-corrected chi connectivity index (χ2v) is 7.61. The van der Waals surface area contributed by atoms with Gasteiger partial charge >= 0.3 is 0 Å². The molecule has 0 aromatic heterocycles. The summed E-state index contributed by atoms with van der Waals surface area (Å²) in [5, 5.41) is 14.3. The van der Waals surface area contributed by atoms with Gasteiger partial charge in [-0.15, -0.1) is 0 Å². The number of fused-ring (bicyclic) bond motifs is 1. The van der Waals surface area contributed by atoms with Crippen LogP contribution in [0.25, 0.3) is 10.8 Å². The maximum Gasteiger partial charge on any atom is 0.253 e. The van der Waals surface area contributed by atoms with Crippen LogP contribution in [0, 0.1) is 11.7 Å². The molecule has 1 unspecified atom stereocenters. The summed E-state index contributed by atoms with van der Waals surface area (Å²) in [7, 11) is 0. The van der Waals surface area contributed by atoms with Crippen molar-refractivity contribution >= 4 is 39.2 Å². The highest BCUT2D eigenvalue weighted by Crippen LogP contribution is 2.38. The summed E-state index contributed by atoms with van der Waals surface area (Å²) >= 11 is -1.90. The third-order valence-corrected chi connectivity index (χ3v) is 5.66. The van der Waals surface area contributed by atoms with Crippen LogP contribution < -0.4 is 14.3 Å². The van der Waals surface area contributed by atoms with Gasteiger partial charge in [0.1, 0.15) is 18.0 Å². The van der Waals surface area contributed by atoms with Gasteiger partial charge in [0, 0.05) is 17.6 Å². The Balaban J connectivity index is 1.68. The second-order valence-electron chi connectivity index (χ2n) is 6.46. The average molecular weight is 363 g/mol. The summed E-state index contributed by atoms with van der Waals surface area (Å²) in [6, 6.07) is 6.66. The van der Waals surface area contributed by atoms with Crippen LogP contribution in [-0.4, -0.2) is 28.3 Å². The lowest BCUT2D eigenvalue weighted by molar-refractivity contribution is -0.117. The molecule has 3 N–H and O–H groups in total. The maximum atomic E-state index is 15.0. The first kappa shape index (κ1) is 16.1. The van der Waals surface area contributed by atoms with Gasteiger partial charge in [0.05, 0.1) is 0 Å². The van der Waals surface area contributed by atoms with E-state index < -0.39 is 22.9 Å². The van der Waals surface area contributed by atoms with E-state index in [1.54, 1.807) is 12.1 Å². The molecule has 1 atom stereocenters. The minimum absolute atomic E-state index is 0.223. The summed E-state index contributed by atoms with van der Waals surface area (Å²) in [6.07, 6.45) is 3.68. The number of halogens is 1. The highest BCUT2D eigenvalue weighted by Gasteiger charge is 2.32. The highest BCUT2D eigenvalue weighted by atomic mass is 32.2. The molecule has 0 radical (unpaired) electrons. The molecule has 6 nitrogen and oxygen atoms in total. The predicted octanol–water partition coefficient (Wildman–Crippen LogP) is 2.41. The van der Waals surface area contributed by atoms with Gasteiger partial charge < -0.3 is 10.4 Å². The van der Waals surface area contributed by atoms with Gasteiger partial charge in [-0.05, 0) is 35.9 Å². The number of carbonyl (C=O) groups excluding carboxylic acids is 1. The van der Waals surface area contributed by atoms with Crippen molar-refractivity contribution in [1.29, 1.82) is 0 Å². The number of benzene rings is 2. The third-order valence-electron chi connectivity index (χ3n) is 4.55. The summed E-state index contributed by atoms with van der Waals surface area (Å²) in [5.41, 5.74) is 0.569. The quantitative estimate of drug-likeness (QED) is 0.762. The summed E-state index contributed by atoms with van der Waals surface area (Å²) in [5.74, 6) is -0.703. The van der Waals surface area contributed by atoms with Crippen molar-refractivity contribution in [3.05, 3.63) is 30.1 Å². The predicted molar refractivity (Wildman–Crippen MR) is 95.0 cm³/mol. The Bertz CT molecular complexity index is 885. The van der Waals surface area contributed by atoms with Crippen molar-refractivity contribution in [3.63, 3.8) is 0 Å². The fourth-order valence-corrected chi connectivity index (χ4v) is 3.98. The van der Waals surface area contributed by atoms with Crippen molar-refractivity contribution in [2.45, 2.75) is 19.3 Å². The number of nitrogens with zero attached hydrogens (tertiary/aromatic N) is 1. The van der Waals surface area contributed by atoms with Crippen molar-refractivity contribution in [3.8, 4) is 5.75 Å². The number of anilines is 2. The number of nitrogens with one attached hydrogen (secondary N) is 2. The van der Waals surface area contributed by atoms with Crippen LogP contribution in [0.2, 0.25) is 0 Å². The van der Waals surface area contributed by atoms with Gasteiger partial charge in [-0.25, -0.2) is 8.60 Å². The molecule has 1 aliphatic heterocycles. The number of amides is 1. The Kier molecular flexibility index (Phi) is 3.99. The van der Waals surface area contributed by atoms with Crippen LogP contribution in [0.1, 0.15) is 19.3 Å². The van der Waals surface area contributed by atoms with E-state index in [0.29, 0.717) is 10.8 Å². The zero-order valence-corrected chi connectivity index (χ0v) is 14.2. The van der Waals surface area contributed by atoms with Crippen LogP contribution in [0.5, 0.6) is 5.75 Å². The molecule has 25 heavy (non-hydrogen) atoms. The highest BCUT2D eigenvalue weighted by molar-refractivity contribution is 7.85. The molecule has 8 heteroatoms. The topological polar surface area (TPSA) is 81.7 Å². The number of phenolic OH excluding ortho intramolecular Hbond substituents is 1. The molecule has 1 heterocycles. The maximum absolute atomic E-state index is 15.0. The smallest absolute Gasteiger partial charge is 0.253 e. The Morgan fingerprint density at radius 3 is 2.84 bits per heavy atom. The molecular weight excluding hydrogens is 345 g/mol. The molecule has 2 aromatic rings. The molecular formula is C17H18FN3O3S. The number of rotatable bonds is 5. The Labute approximate surface area is 146 Å². The first-order valence-electron chi connectivity index (χ1n) is 8.21. The normalized spacial score (nSPS) is 20.1. The molecule has 132 valence electrons. The van der Waals surface area contributed by atoms with E-state index in [1.807, 2.05) is 6.07 Å². The Hall–Kier alpha value is -2.35. The van der Waals surface area contributed by atoms with Gasteiger partial charge in [0.15, 0.2) is 5.82 Å². The van der Waals surface area contributed by atoms with Gasteiger partial charge in [-0.2, -0.15) is 0 Å². The van der Waals surface area contributed by atoms with Crippen molar-refractivity contribution in [1.82, 2.24) is 4.72 Å². The third kappa shape index (κ3) is 3.13. The van der Waals surface area contributed by atoms with Crippen LogP contribution in [0.4, 0.5) is 15.8 Å². The van der Waals surface area contributed by atoms with Gasteiger partial charge in [-0.1, -0.05) is 18.9 Å². The second kappa shape index (κ2) is 6.18. The standard InChI is InChI=1S/C17H18FN3O3S/c18-16-13-8-12(19-6-5-10-1-2-10)4-3-11(13)7-14(22)17(16)21-9-15(23)20-25(21)24/h3-4,7-8,10,19,22H,1-2,5-6,9H2,(H,20,23). The number of hydrogen-bond acceptors (Lipinski definition) is 4. The van der Waals surface area contributed by atoms with E-state index in [0.717, 1.165) is 28.9 Å². The number of carbonyl (C=O) groups is 1. The molecule has 0 bridgehead atoms. The van der Waals surface area contributed by atoms with E-state index in [2.05, 4.69) is 10.0 Å². The molecule has 2 fully saturated rings. The lowest BCUT2D eigenvalue weighted by Gasteiger charge is -2.18.